The van der Waals surface area contributed by atoms with Crippen LogP contribution in [0.3, 0.4) is 0 Å². The Hall–Kier alpha value is -2.94. The van der Waals surface area contributed by atoms with Gasteiger partial charge in [-0.05, 0) is 23.8 Å². The first kappa shape index (κ1) is 17.5. The van der Waals surface area contributed by atoms with Gasteiger partial charge >= 0.3 is 6.18 Å². The molecular weight excluding hydrogens is 359 g/mol. The van der Waals surface area contributed by atoms with Crippen molar-refractivity contribution in [2.75, 3.05) is 24.5 Å². The highest BCUT2D eigenvalue weighted by Crippen LogP contribution is 2.31. The Balaban J connectivity index is 1.52. The molecule has 1 saturated heterocycles. The summed E-state index contributed by atoms with van der Waals surface area (Å²) in [4.78, 5) is 10.4. The van der Waals surface area contributed by atoms with Crippen molar-refractivity contribution >= 4 is 5.69 Å². The Kier molecular flexibility index (Phi) is 4.53. The summed E-state index contributed by atoms with van der Waals surface area (Å²) in [6.07, 6.45) is 0.335. The molecule has 9 heteroatoms. The number of halogens is 3. The van der Waals surface area contributed by atoms with Gasteiger partial charge in [-0.2, -0.15) is 18.2 Å². The minimum atomic E-state index is -4.33. The Labute approximate surface area is 153 Å². The molecule has 3 heterocycles. The molecule has 27 heavy (non-hydrogen) atoms. The van der Waals surface area contributed by atoms with Crippen LogP contribution in [0.1, 0.15) is 17.2 Å². The van der Waals surface area contributed by atoms with Gasteiger partial charge < -0.3 is 14.7 Å². The molecule has 4 rings (SSSR count). The van der Waals surface area contributed by atoms with Crippen LogP contribution in [0, 0.1) is 0 Å². The Morgan fingerprint density at radius 1 is 1.15 bits per heavy atom. The Bertz CT molecular complexity index is 896. The lowest BCUT2D eigenvalue weighted by Gasteiger charge is -2.35. The van der Waals surface area contributed by atoms with Crippen molar-refractivity contribution in [1.29, 1.82) is 0 Å². The minimum Gasteiger partial charge on any atom is -0.367 e. The quantitative estimate of drug-likeness (QED) is 0.758. The SMILES string of the molecule is FC(F)(F)c1ccc(C2CN(c3cncc(-c4ncon4)c3)CCN2)cc1. The number of pyridine rings is 1. The molecule has 1 fully saturated rings. The molecule has 1 aliphatic rings. The molecule has 0 amide bonds. The first-order chi connectivity index (χ1) is 13.0. The normalized spacial score (nSPS) is 17.9. The van der Waals surface area contributed by atoms with Crippen molar-refractivity contribution in [3.8, 4) is 11.4 Å². The van der Waals surface area contributed by atoms with Gasteiger partial charge in [0.25, 0.3) is 0 Å². The number of rotatable bonds is 3. The standard InChI is InChI=1S/C18H16F3N5O/c19-18(20,21)14-3-1-12(2-4-14)16-10-26(6-5-23-16)15-7-13(8-22-9-15)17-24-11-27-25-17/h1-4,7-9,11,16,23H,5-6,10H2. The van der Waals surface area contributed by atoms with Crippen molar-refractivity contribution in [3.05, 3.63) is 60.2 Å². The summed E-state index contributed by atoms with van der Waals surface area (Å²) >= 11 is 0. The lowest BCUT2D eigenvalue weighted by Crippen LogP contribution is -2.45. The van der Waals surface area contributed by atoms with E-state index in [2.05, 4.69) is 25.3 Å². The fraction of sp³-hybridized carbons (Fsp3) is 0.278. The molecule has 2 aromatic heterocycles. The number of hydrogen-bond acceptors (Lipinski definition) is 6. The zero-order valence-corrected chi connectivity index (χ0v) is 14.1. The molecule has 0 saturated carbocycles. The average Bonchev–Trinajstić information content (AvgIpc) is 3.23. The van der Waals surface area contributed by atoms with Gasteiger partial charge in [0.05, 0.1) is 17.4 Å². The Morgan fingerprint density at radius 3 is 2.67 bits per heavy atom. The van der Waals surface area contributed by atoms with Crippen LogP contribution in [0.5, 0.6) is 0 Å². The van der Waals surface area contributed by atoms with Crippen molar-refractivity contribution in [2.24, 2.45) is 0 Å². The van der Waals surface area contributed by atoms with E-state index in [0.717, 1.165) is 35.5 Å². The number of nitrogens with zero attached hydrogens (tertiary/aromatic N) is 4. The first-order valence-electron chi connectivity index (χ1n) is 8.38. The number of benzene rings is 1. The predicted molar refractivity (Wildman–Crippen MR) is 91.9 cm³/mol. The van der Waals surface area contributed by atoms with E-state index in [9.17, 15) is 13.2 Å². The van der Waals surface area contributed by atoms with Crippen molar-refractivity contribution in [1.82, 2.24) is 20.4 Å². The zero-order chi connectivity index (χ0) is 18.9. The van der Waals surface area contributed by atoms with Crippen molar-refractivity contribution in [2.45, 2.75) is 12.2 Å². The van der Waals surface area contributed by atoms with E-state index in [1.807, 2.05) is 6.07 Å². The highest BCUT2D eigenvalue weighted by molar-refractivity contribution is 5.61. The summed E-state index contributed by atoms with van der Waals surface area (Å²) in [5.41, 5.74) is 1.81. The van der Waals surface area contributed by atoms with Gasteiger partial charge in [0.15, 0.2) is 0 Å². The molecule has 1 atom stereocenters. The summed E-state index contributed by atoms with van der Waals surface area (Å²) in [5.74, 6) is 0.457. The van der Waals surface area contributed by atoms with Crippen LogP contribution in [0.25, 0.3) is 11.4 Å². The lowest BCUT2D eigenvalue weighted by atomic mass is 10.0. The minimum absolute atomic E-state index is 0.0742. The van der Waals surface area contributed by atoms with Crippen LogP contribution in [0.4, 0.5) is 18.9 Å². The van der Waals surface area contributed by atoms with Gasteiger partial charge in [0, 0.05) is 37.4 Å². The molecule has 0 aliphatic carbocycles. The number of alkyl halides is 3. The zero-order valence-electron chi connectivity index (χ0n) is 14.1. The molecule has 0 bridgehead atoms. The van der Waals surface area contributed by atoms with E-state index in [1.54, 1.807) is 12.4 Å². The van der Waals surface area contributed by atoms with Gasteiger partial charge in [-0.15, -0.1) is 0 Å². The second-order valence-corrected chi connectivity index (χ2v) is 6.26. The molecule has 1 aromatic carbocycles. The molecule has 1 N–H and O–H groups in total. The van der Waals surface area contributed by atoms with Crippen molar-refractivity contribution < 1.29 is 17.7 Å². The summed E-state index contributed by atoms with van der Waals surface area (Å²) in [5, 5.41) is 7.17. The summed E-state index contributed by atoms with van der Waals surface area (Å²) in [6, 6.07) is 7.14. The predicted octanol–water partition coefficient (Wildman–Crippen LogP) is 3.30. The Morgan fingerprint density at radius 2 is 1.96 bits per heavy atom. The monoisotopic (exact) mass is 375 g/mol. The molecule has 140 valence electrons. The fourth-order valence-corrected chi connectivity index (χ4v) is 3.13. The number of hydrogen-bond donors (Lipinski definition) is 1. The van der Waals surface area contributed by atoms with Gasteiger partial charge in [-0.25, -0.2) is 0 Å². The third kappa shape index (κ3) is 3.77. The smallest absolute Gasteiger partial charge is 0.367 e. The average molecular weight is 375 g/mol. The van der Waals surface area contributed by atoms with Crippen LogP contribution in [0.2, 0.25) is 0 Å². The molecule has 1 unspecified atom stereocenters. The van der Waals surface area contributed by atoms with E-state index in [0.29, 0.717) is 18.9 Å². The largest absolute Gasteiger partial charge is 0.416 e. The van der Waals surface area contributed by atoms with Crippen LogP contribution >= 0.6 is 0 Å². The topological polar surface area (TPSA) is 67.1 Å². The maximum atomic E-state index is 12.8. The summed E-state index contributed by atoms with van der Waals surface area (Å²) in [7, 11) is 0. The fourth-order valence-electron chi connectivity index (χ4n) is 3.13. The van der Waals surface area contributed by atoms with Crippen molar-refractivity contribution in [3.63, 3.8) is 0 Å². The third-order valence-corrected chi connectivity index (χ3v) is 4.52. The maximum Gasteiger partial charge on any atom is 0.416 e. The summed E-state index contributed by atoms with van der Waals surface area (Å²) < 4.78 is 43.0. The highest BCUT2D eigenvalue weighted by atomic mass is 19.4. The second kappa shape index (κ2) is 6.99. The van der Waals surface area contributed by atoms with Gasteiger partial charge in [-0.1, -0.05) is 17.3 Å². The highest BCUT2D eigenvalue weighted by Gasteiger charge is 2.30. The van der Waals surface area contributed by atoms with Crippen LogP contribution in [-0.4, -0.2) is 34.8 Å². The molecule has 6 nitrogen and oxygen atoms in total. The van der Waals surface area contributed by atoms with Crippen LogP contribution < -0.4 is 10.2 Å². The maximum absolute atomic E-state index is 12.8. The molecule has 3 aromatic rings. The molecule has 0 spiro atoms. The molecule has 0 radical (unpaired) electrons. The van der Waals surface area contributed by atoms with Crippen LogP contribution in [0.15, 0.2) is 53.6 Å². The number of nitrogens with one attached hydrogen (secondary N) is 1. The van der Waals surface area contributed by atoms with Gasteiger partial charge in [0.2, 0.25) is 12.2 Å². The van der Waals surface area contributed by atoms with E-state index in [1.165, 1.54) is 18.5 Å². The number of anilines is 1. The number of piperazine rings is 1. The van der Waals surface area contributed by atoms with E-state index >= 15 is 0 Å². The first-order valence-corrected chi connectivity index (χ1v) is 8.38. The van der Waals surface area contributed by atoms with E-state index < -0.39 is 11.7 Å². The van der Waals surface area contributed by atoms with E-state index in [-0.39, 0.29) is 6.04 Å². The second-order valence-electron chi connectivity index (χ2n) is 6.26. The summed E-state index contributed by atoms with van der Waals surface area (Å²) in [6.45, 7) is 2.08. The lowest BCUT2D eigenvalue weighted by molar-refractivity contribution is -0.137. The van der Waals surface area contributed by atoms with Gasteiger partial charge in [-0.3, -0.25) is 4.98 Å². The van der Waals surface area contributed by atoms with E-state index in [4.69, 9.17) is 4.52 Å². The van der Waals surface area contributed by atoms with Crippen LogP contribution in [-0.2, 0) is 6.18 Å². The van der Waals surface area contributed by atoms with Gasteiger partial charge in [0.1, 0.15) is 0 Å². The number of aromatic nitrogens is 3. The third-order valence-electron chi connectivity index (χ3n) is 4.52. The molecule has 1 aliphatic heterocycles. The molecular formula is C18H16F3N5O.